The molecular formula is C19H22FN3O2. The minimum Gasteiger partial charge on any atom is -0.466 e. The van der Waals surface area contributed by atoms with E-state index in [2.05, 4.69) is 15.5 Å². The summed E-state index contributed by atoms with van der Waals surface area (Å²) in [4.78, 5) is 0. The highest BCUT2D eigenvalue weighted by Crippen LogP contribution is 2.27. The third-order valence-corrected chi connectivity index (χ3v) is 4.27. The summed E-state index contributed by atoms with van der Waals surface area (Å²) >= 11 is 0. The number of aromatic amines is 1. The van der Waals surface area contributed by atoms with Gasteiger partial charge in [0, 0.05) is 29.8 Å². The van der Waals surface area contributed by atoms with Crippen LogP contribution in [0.3, 0.4) is 0 Å². The molecule has 0 bridgehead atoms. The molecule has 6 heteroatoms. The Hall–Kier alpha value is -2.44. The van der Waals surface area contributed by atoms with E-state index in [1.807, 2.05) is 19.9 Å². The van der Waals surface area contributed by atoms with Crippen LogP contribution in [0.2, 0.25) is 0 Å². The zero-order chi connectivity index (χ0) is 18.0. The quantitative estimate of drug-likeness (QED) is 0.641. The van der Waals surface area contributed by atoms with Gasteiger partial charge in [-0.25, -0.2) is 4.39 Å². The molecule has 1 aromatic carbocycles. The lowest BCUT2D eigenvalue weighted by Crippen LogP contribution is -2.35. The molecule has 3 N–H and O–H groups in total. The molecule has 0 amide bonds. The number of furan rings is 1. The number of aliphatic hydroxyl groups is 1. The highest BCUT2D eigenvalue weighted by molar-refractivity contribution is 5.63. The summed E-state index contributed by atoms with van der Waals surface area (Å²) in [7, 11) is 0. The van der Waals surface area contributed by atoms with Gasteiger partial charge in [-0.05, 0) is 39.0 Å². The van der Waals surface area contributed by atoms with Crippen molar-refractivity contribution in [2.45, 2.75) is 32.9 Å². The van der Waals surface area contributed by atoms with Gasteiger partial charge >= 0.3 is 0 Å². The highest BCUT2D eigenvalue weighted by Gasteiger charge is 2.27. The lowest BCUT2D eigenvalue weighted by atomic mass is 9.96. The van der Waals surface area contributed by atoms with Gasteiger partial charge in [0.2, 0.25) is 0 Å². The summed E-state index contributed by atoms with van der Waals surface area (Å²) in [6.07, 6.45) is 1.66. The molecule has 0 fully saturated rings. The number of aryl methyl sites for hydroxylation is 2. The minimum absolute atomic E-state index is 0.301. The molecule has 0 saturated carbocycles. The van der Waals surface area contributed by atoms with Crippen molar-refractivity contribution < 1.29 is 13.9 Å². The Morgan fingerprint density at radius 1 is 1.32 bits per heavy atom. The molecule has 1 atom stereocenters. The van der Waals surface area contributed by atoms with Crippen LogP contribution in [-0.4, -0.2) is 21.8 Å². The zero-order valence-corrected chi connectivity index (χ0v) is 14.6. The molecule has 0 aliphatic carbocycles. The molecule has 0 radical (unpaired) electrons. The number of aromatic nitrogens is 2. The van der Waals surface area contributed by atoms with E-state index in [1.54, 1.807) is 31.3 Å². The molecule has 3 rings (SSSR count). The second kappa shape index (κ2) is 6.82. The standard InChI is InChI=1S/C19H22FN3O2/c1-12-8-16(13(2)25-12)19(3,24)11-21-9-14-10-22-23-18(14)15-6-4-5-7-17(15)20/h4-8,10,21,24H,9,11H2,1-3H3,(H,22,23). The van der Waals surface area contributed by atoms with Crippen LogP contribution in [-0.2, 0) is 12.1 Å². The summed E-state index contributed by atoms with van der Waals surface area (Å²) in [6, 6.07) is 8.41. The molecule has 0 saturated heterocycles. The Kier molecular flexibility index (Phi) is 4.74. The summed E-state index contributed by atoms with van der Waals surface area (Å²) in [5.74, 6) is 1.17. The largest absolute Gasteiger partial charge is 0.466 e. The van der Waals surface area contributed by atoms with Crippen molar-refractivity contribution in [1.82, 2.24) is 15.5 Å². The number of hydrogen-bond donors (Lipinski definition) is 3. The van der Waals surface area contributed by atoms with Crippen molar-refractivity contribution in [3.8, 4) is 11.3 Å². The summed E-state index contributed by atoms with van der Waals surface area (Å²) in [6.45, 7) is 6.21. The number of halogens is 1. The molecular weight excluding hydrogens is 321 g/mol. The van der Waals surface area contributed by atoms with Gasteiger partial charge in [-0.15, -0.1) is 0 Å². The third kappa shape index (κ3) is 3.65. The van der Waals surface area contributed by atoms with Crippen LogP contribution < -0.4 is 5.32 Å². The lowest BCUT2D eigenvalue weighted by molar-refractivity contribution is 0.0552. The SMILES string of the molecule is Cc1cc(C(C)(O)CNCc2cn[nH]c2-c2ccccc2F)c(C)o1. The highest BCUT2D eigenvalue weighted by atomic mass is 19.1. The summed E-state index contributed by atoms with van der Waals surface area (Å²) in [5.41, 5.74) is 1.65. The molecule has 5 nitrogen and oxygen atoms in total. The first-order valence-electron chi connectivity index (χ1n) is 8.16. The monoisotopic (exact) mass is 343 g/mol. The van der Waals surface area contributed by atoms with Crippen LogP contribution in [0.15, 0.2) is 40.9 Å². The number of H-pyrrole nitrogens is 1. The molecule has 0 aliphatic heterocycles. The fourth-order valence-corrected chi connectivity index (χ4v) is 3.04. The summed E-state index contributed by atoms with van der Waals surface area (Å²) < 4.78 is 19.5. The minimum atomic E-state index is -1.07. The molecule has 25 heavy (non-hydrogen) atoms. The third-order valence-electron chi connectivity index (χ3n) is 4.27. The van der Waals surface area contributed by atoms with Gasteiger partial charge in [0.25, 0.3) is 0 Å². The Morgan fingerprint density at radius 3 is 2.76 bits per heavy atom. The van der Waals surface area contributed by atoms with Crippen molar-refractivity contribution in [1.29, 1.82) is 0 Å². The molecule has 0 aliphatic rings. The van der Waals surface area contributed by atoms with E-state index in [0.717, 1.165) is 16.9 Å². The first-order valence-corrected chi connectivity index (χ1v) is 8.16. The zero-order valence-electron chi connectivity index (χ0n) is 14.6. The Balaban J connectivity index is 1.70. The number of nitrogens with one attached hydrogen (secondary N) is 2. The second-order valence-electron chi connectivity index (χ2n) is 6.45. The van der Waals surface area contributed by atoms with Gasteiger partial charge in [0.05, 0.1) is 11.9 Å². The van der Waals surface area contributed by atoms with Crippen molar-refractivity contribution >= 4 is 0 Å². The van der Waals surface area contributed by atoms with E-state index in [-0.39, 0.29) is 5.82 Å². The van der Waals surface area contributed by atoms with E-state index in [9.17, 15) is 9.50 Å². The summed E-state index contributed by atoms with van der Waals surface area (Å²) in [5, 5.41) is 20.8. The topological polar surface area (TPSA) is 74.1 Å². The molecule has 2 heterocycles. The van der Waals surface area contributed by atoms with E-state index in [0.29, 0.717) is 30.1 Å². The van der Waals surface area contributed by atoms with Gasteiger partial charge in [-0.2, -0.15) is 5.10 Å². The fourth-order valence-electron chi connectivity index (χ4n) is 3.04. The van der Waals surface area contributed by atoms with Crippen LogP contribution in [0.1, 0.15) is 29.6 Å². The van der Waals surface area contributed by atoms with Crippen molar-refractivity contribution in [2.24, 2.45) is 0 Å². The van der Waals surface area contributed by atoms with Gasteiger partial charge < -0.3 is 14.8 Å². The average Bonchev–Trinajstić information content (AvgIpc) is 3.14. The predicted octanol–water partition coefficient (Wildman–Crippen LogP) is 3.42. The van der Waals surface area contributed by atoms with Gasteiger partial charge in [-0.1, -0.05) is 12.1 Å². The maximum atomic E-state index is 14.0. The van der Waals surface area contributed by atoms with Gasteiger partial charge in [-0.3, -0.25) is 5.10 Å². The first kappa shape index (κ1) is 17.4. The van der Waals surface area contributed by atoms with Crippen molar-refractivity contribution in [2.75, 3.05) is 6.54 Å². The smallest absolute Gasteiger partial charge is 0.132 e. The maximum absolute atomic E-state index is 14.0. The number of rotatable bonds is 6. The van der Waals surface area contributed by atoms with E-state index in [4.69, 9.17) is 4.42 Å². The first-order chi connectivity index (χ1) is 11.9. The normalized spacial score (nSPS) is 13.8. The van der Waals surface area contributed by atoms with Crippen LogP contribution in [0, 0.1) is 19.7 Å². The fraction of sp³-hybridized carbons (Fsp3) is 0.316. The van der Waals surface area contributed by atoms with Crippen LogP contribution in [0.25, 0.3) is 11.3 Å². The Morgan fingerprint density at radius 2 is 2.08 bits per heavy atom. The van der Waals surface area contributed by atoms with Gasteiger partial charge in [0.1, 0.15) is 22.9 Å². The average molecular weight is 343 g/mol. The Labute approximate surface area is 145 Å². The van der Waals surface area contributed by atoms with E-state index in [1.165, 1.54) is 6.07 Å². The van der Waals surface area contributed by atoms with Crippen LogP contribution in [0.5, 0.6) is 0 Å². The molecule has 3 aromatic rings. The molecule has 132 valence electrons. The number of hydrogen-bond acceptors (Lipinski definition) is 4. The predicted molar refractivity (Wildman–Crippen MR) is 93.4 cm³/mol. The van der Waals surface area contributed by atoms with Crippen molar-refractivity contribution in [3.05, 3.63) is 65.0 Å². The number of nitrogens with zero attached hydrogens (tertiary/aromatic N) is 1. The Bertz CT molecular complexity index is 867. The van der Waals surface area contributed by atoms with Gasteiger partial charge in [0.15, 0.2) is 0 Å². The van der Waals surface area contributed by atoms with E-state index < -0.39 is 5.60 Å². The van der Waals surface area contributed by atoms with Crippen LogP contribution in [0.4, 0.5) is 4.39 Å². The molecule has 0 spiro atoms. The maximum Gasteiger partial charge on any atom is 0.132 e. The second-order valence-corrected chi connectivity index (χ2v) is 6.45. The lowest BCUT2D eigenvalue weighted by Gasteiger charge is -2.23. The molecule has 1 unspecified atom stereocenters. The molecule has 2 aromatic heterocycles. The van der Waals surface area contributed by atoms with Crippen molar-refractivity contribution in [3.63, 3.8) is 0 Å². The van der Waals surface area contributed by atoms with E-state index >= 15 is 0 Å². The number of benzene rings is 1. The van der Waals surface area contributed by atoms with Crippen LogP contribution >= 0.6 is 0 Å².